The number of carbonyl (C=O) groups is 1. The van der Waals surface area contributed by atoms with E-state index in [1.165, 1.54) is 32.1 Å². The van der Waals surface area contributed by atoms with Crippen molar-refractivity contribution in [1.29, 1.82) is 0 Å². The van der Waals surface area contributed by atoms with Crippen LogP contribution in [0.15, 0.2) is 0 Å². The molecule has 0 amide bonds. The Labute approximate surface area is 112 Å². The van der Waals surface area contributed by atoms with Gasteiger partial charge < -0.3 is 0 Å². The van der Waals surface area contributed by atoms with Crippen LogP contribution in [0.5, 0.6) is 0 Å². The van der Waals surface area contributed by atoms with Crippen molar-refractivity contribution in [2.24, 2.45) is 34.5 Å². The molecule has 3 aliphatic rings. The van der Waals surface area contributed by atoms with Crippen molar-refractivity contribution in [1.82, 2.24) is 0 Å². The molecular weight excluding hydrogens is 220 g/mol. The van der Waals surface area contributed by atoms with E-state index in [0.29, 0.717) is 34.4 Å². The zero-order valence-electron chi connectivity index (χ0n) is 12.5. The molecule has 3 saturated carbocycles. The van der Waals surface area contributed by atoms with Crippen LogP contribution in [0.1, 0.15) is 66.2 Å². The van der Waals surface area contributed by atoms with E-state index in [-0.39, 0.29) is 0 Å². The molecule has 0 spiro atoms. The van der Waals surface area contributed by atoms with Crippen molar-refractivity contribution >= 4 is 5.78 Å². The SMILES string of the molecule is CC1CCCC([C@H]2C[C@H]3CC[C@@]2(C)C3(C)C)C1=O. The Morgan fingerprint density at radius 3 is 2.39 bits per heavy atom. The number of fused-ring (bicyclic) bond motifs is 2. The van der Waals surface area contributed by atoms with E-state index < -0.39 is 0 Å². The molecule has 0 aliphatic heterocycles. The standard InChI is InChI=1S/C17H28O/c1-11-6-5-7-13(15(11)18)14-10-12-8-9-17(14,4)16(12,2)3/h11-14H,5-10H2,1-4H3/t11?,12-,13?,14-,17-/m1/s1. The van der Waals surface area contributed by atoms with Crippen LogP contribution >= 0.6 is 0 Å². The summed E-state index contributed by atoms with van der Waals surface area (Å²) in [5, 5.41) is 0. The predicted octanol–water partition coefficient (Wildman–Crippen LogP) is 4.45. The van der Waals surface area contributed by atoms with Crippen molar-refractivity contribution in [3.8, 4) is 0 Å². The number of hydrogen-bond donors (Lipinski definition) is 0. The van der Waals surface area contributed by atoms with Gasteiger partial charge in [-0.2, -0.15) is 0 Å². The van der Waals surface area contributed by atoms with Gasteiger partial charge in [0.05, 0.1) is 0 Å². The van der Waals surface area contributed by atoms with Crippen LogP contribution in [0.25, 0.3) is 0 Å². The molecule has 0 heterocycles. The van der Waals surface area contributed by atoms with E-state index in [1.54, 1.807) is 0 Å². The normalized spacial score (nSPS) is 50.8. The lowest BCUT2D eigenvalue weighted by Gasteiger charge is -2.44. The molecule has 3 aliphatic carbocycles. The van der Waals surface area contributed by atoms with Crippen molar-refractivity contribution in [2.45, 2.75) is 66.2 Å². The minimum absolute atomic E-state index is 0.328. The summed E-state index contributed by atoms with van der Waals surface area (Å²) in [5.41, 5.74) is 0.883. The molecule has 0 radical (unpaired) electrons. The summed E-state index contributed by atoms with van der Waals surface area (Å²) in [6, 6.07) is 0. The highest BCUT2D eigenvalue weighted by molar-refractivity contribution is 5.84. The largest absolute Gasteiger partial charge is 0.299 e. The highest BCUT2D eigenvalue weighted by Crippen LogP contribution is 2.70. The Bertz CT molecular complexity index is 370. The highest BCUT2D eigenvalue weighted by Gasteiger charge is 2.63. The Kier molecular flexibility index (Phi) is 2.70. The second kappa shape index (κ2) is 3.84. The average molecular weight is 248 g/mol. The summed E-state index contributed by atoms with van der Waals surface area (Å²) < 4.78 is 0. The van der Waals surface area contributed by atoms with Gasteiger partial charge in [0.25, 0.3) is 0 Å². The lowest BCUT2D eigenvalue weighted by molar-refractivity contribution is -0.133. The van der Waals surface area contributed by atoms with E-state index in [1.807, 2.05) is 0 Å². The molecule has 0 aromatic heterocycles. The van der Waals surface area contributed by atoms with Crippen molar-refractivity contribution in [2.75, 3.05) is 0 Å². The van der Waals surface area contributed by atoms with Crippen molar-refractivity contribution in [3.63, 3.8) is 0 Å². The first kappa shape index (κ1) is 12.7. The fraction of sp³-hybridized carbons (Fsp3) is 0.941. The van der Waals surface area contributed by atoms with Crippen LogP contribution < -0.4 is 0 Å². The van der Waals surface area contributed by atoms with Gasteiger partial charge >= 0.3 is 0 Å². The second-order valence-electron chi connectivity index (χ2n) is 8.06. The van der Waals surface area contributed by atoms with E-state index in [9.17, 15) is 4.79 Å². The zero-order valence-corrected chi connectivity index (χ0v) is 12.5. The predicted molar refractivity (Wildman–Crippen MR) is 74.2 cm³/mol. The van der Waals surface area contributed by atoms with Crippen LogP contribution in [0.2, 0.25) is 0 Å². The first-order chi connectivity index (χ1) is 8.38. The highest BCUT2D eigenvalue weighted by atomic mass is 16.1. The van der Waals surface area contributed by atoms with Gasteiger partial charge in [0.15, 0.2) is 0 Å². The average Bonchev–Trinajstić information content (AvgIpc) is 2.65. The van der Waals surface area contributed by atoms with Gasteiger partial charge in [0.2, 0.25) is 0 Å². The van der Waals surface area contributed by atoms with Gasteiger partial charge in [-0.25, -0.2) is 0 Å². The summed E-state index contributed by atoms with van der Waals surface area (Å²) >= 11 is 0. The Morgan fingerprint density at radius 1 is 1.11 bits per heavy atom. The fourth-order valence-electron chi connectivity index (χ4n) is 5.57. The quantitative estimate of drug-likeness (QED) is 0.670. The number of carbonyl (C=O) groups excluding carboxylic acids is 1. The summed E-state index contributed by atoms with van der Waals surface area (Å²) in [4.78, 5) is 12.5. The summed E-state index contributed by atoms with van der Waals surface area (Å²) in [7, 11) is 0. The molecule has 3 fully saturated rings. The molecule has 1 nitrogen and oxygen atoms in total. The second-order valence-corrected chi connectivity index (χ2v) is 8.06. The van der Waals surface area contributed by atoms with Crippen molar-refractivity contribution in [3.05, 3.63) is 0 Å². The molecule has 3 rings (SSSR count). The molecule has 5 atom stereocenters. The van der Waals surface area contributed by atoms with Gasteiger partial charge in [0, 0.05) is 11.8 Å². The number of Topliss-reactive ketones (excluding diaryl/α,β-unsaturated/α-hetero) is 1. The van der Waals surface area contributed by atoms with E-state index in [0.717, 1.165) is 12.3 Å². The van der Waals surface area contributed by atoms with Gasteiger partial charge in [0.1, 0.15) is 5.78 Å². The van der Waals surface area contributed by atoms with Crippen LogP contribution in [0, 0.1) is 34.5 Å². The lowest BCUT2D eigenvalue weighted by atomic mass is 9.60. The minimum atomic E-state index is 0.328. The van der Waals surface area contributed by atoms with Crippen LogP contribution in [-0.2, 0) is 4.79 Å². The third-order valence-electron chi connectivity index (χ3n) is 7.35. The molecule has 0 aromatic rings. The minimum Gasteiger partial charge on any atom is -0.299 e. The maximum Gasteiger partial charge on any atom is 0.139 e. The number of rotatable bonds is 1. The third-order valence-corrected chi connectivity index (χ3v) is 7.35. The molecule has 0 N–H and O–H groups in total. The summed E-state index contributed by atoms with van der Waals surface area (Å²) in [5.74, 6) is 2.87. The van der Waals surface area contributed by atoms with Gasteiger partial charge in [-0.15, -0.1) is 0 Å². The zero-order chi connectivity index (χ0) is 13.1. The molecule has 2 bridgehead atoms. The Balaban J connectivity index is 1.89. The van der Waals surface area contributed by atoms with Gasteiger partial charge in [-0.3, -0.25) is 4.79 Å². The first-order valence-corrected chi connectivity index (χ1v) is 7.91. The van der Waals surface area contributed by atoms with Crippen LogP contribution in [-0.4, -0.2) is 5.78 Å². The number of ketones is 1. The summed E-state index contributed by atoms with van der Waals surface area (Å²) in [6.07, 6.45) is 7.66. The van der Waals surface area contributed by atoms with E-state index in [4.69, 9.17) is 0 Å². The van der Waals surface area contributed by atoms with Gasteiger partial charge in [-0.1, -0.05) is 34.1 Å². The van der Waals surface area contributed by atoms with E-state index in [2.05, 4.69) is 27.7 Å². The summed E-state index contributed by atoms with van der Waals surface area (Å²) in [6.45, 7) is 9.55. The molecule has 0 aromatic carbocycles. The van der Waals surface area contributed by atoms with E-state index >= 15 is 0 Å². The molecule has 1 heteroatoms. The Morgan fingerprint density at radius 2 is 1.83 bits per heavy atom. The monoisotopic (exact) mass is 248 g/mol. The maximum atomic E-state index is 12.5. The van der Waals surface area contributed by atoms with Gasteiger partial charge in [-0.05, 0) is 54.8 Å². The fourth-order valence-corrected chi connectivity index (χ4v) is 5.57. The number of hydrogen-bond acceptors (Lipinski definition) is 1. The van der Waals surface area contributed by atoms with Crippen molar-refractivity contribution < 1.29 is 4.79 Å². The molecule has 0 saturated heterocycles. The Hall–Kier alpha value is -0.330. The van der Waals surface area contributed by atoms with Crippen LogP contribution in [0.4, 0.5) is 0 Å². The smallest absolute Gasteiger partial charge is 0.139 e. The van der Waals surface area contributed by atoms with Crippen LogP contribution in [0.3, 0.4) is 0 Å². The molecule has 18 heavy (non-hydrogen) atoms. The third kappa shape index (κ3) is 1.42. The molecule has 102 valence electrons. The molecular formula is C17H28O. The lowest BCUT2D eigenvalue weighted by Crippen LogP contribution is -2.41. The maximum absolute atomic E-state index is 12.5. The first-order valence-electron chi connectivity index (χ1n) is 7.91. The molecule has 2 unspecified atom stereocenters. The topological polar surface area (TPSA) is 17.1 Å².